The number of hydrogen-bond donors (Lipinski definition) is 2. The molecule has 0 aliphatic heterocycles. The standard InChI is InChI=1S/C33H31NO8/c1-18(2)17-34-24-11-10-21(40-3)12-20(24)13-23(33(34)39)22(14-29(38)41-4)30-25(35)15-26(36)31-27(37)16-28(42-32(30)31)19-8-6-5-7-9-19/h5-13,15-16,18,22,35-36H,14,17H2,1-4H3. The number of hydrogen-bond acceptors (Lipinski definition) is 8. The maximum Gasteiger partial charge on any atom is 0.306 e. The average Bonchev–Trinajstić information content (AvgIpc) is 2.97. The minimum absolute atomic E-state index is 0.0125. The van der Waals surface area contributed by atoms with E-state index in [1.807, 2.05) is 19.9 Å². The Kier molecular flexibility index (Phi) is 7.76. The second-order valence-electron chi connectivity index (χ2n) is 10.5. The van der Waals surface area contributed by atoms with Crippen LogP contribution in [0.4, 0.5) is 0 Å². The first-order valence-electron chi connectivity index (χ1n) is 13.5. The van der Waals surface area contributed by atoms with Crippen LogP contribution in [-0.4, -0.2) is 35.0 Å². The number of carbonyl (C=O) groups is 1. The van der Waals surface area contributed by atoms with Crippen LogP contribution in [-0.2, 0) is 16.1 Å². The first-order valence-corrected chi connectivity index (χ1v) is 13.5. The van der Waals surface area contributed by atoms with Crippen LogP contribution in [0.2, 0.25) is 0 Å². The van der Waals surface area contributed by atoms with Crippen LogP contribution in [0.1, 0.15) is 37.3 Å². The topological polar surface area (TPSA) is 128 Å². The van der Waals surface area contributed by atoms with E-state index in [4.69, 9.17) is 13.9 Å². The zero-order valence-corrected chi connectivity index (χ0v) is 23.7. The van der Waals surface area contributed by atoms with Gasteiger partial charge in [0.2, 0.25) is 0 Å². The predicted molar refractivity (Wildman–Crippen MR) is 159 cm³/mol. The molecule has 2 N–H and O–H groups in total. The number of phenols is 2. The molecule has 3 aromatic carbocycles. The molecule has 0 saturated heterocycles. The molecule has 0 aliphatic rings. The average molecular weight is 570 g/mol. The van der Waals surface area contributed by atoms with Gasteiger partial charge in [0.25, 0.3) is 5.56 Å². The number of aromatic nitrogens is 1. The SMILES string of the molecule is COC(=O)CC(c1cc2cc(OC)ccc2n(CC(C)C)c1=O)c1c(O)cc(O)c2c(=O)cc(-c3ccccc3)oc12. The van der Waals surface area contributed by atoms with Gasteiger partial charge in [-0.2, -0.15) is 0 Å². The van der Waals surface area contributed by atoms with Gasteiger partial charge in [0.15, 0.2) is 5.43 Å². The Morgan fingerprint density at radius 2 is 1.69 bits per heavy atom. The lowest BCUT2D eigenvalue weighted by Gasteiger charge is -2.22. The van der Waals surface area contributed by atoms with Crippen molar-refractivity contribution in [3.63, 3.8) is 0 Å². The molecule has 5 rings (SSSR count). The second-order valence-corrected chi connectivity index (χ2v) is 10.5. The molecule has 1 unspecified atom stereocenters. The van der Waals surface area contributed by atoms with Crippen molar-refractivity contribution in [2.75, 3.05) is 14.2 Å². The van der Waals surface area contributed by atoms with E-state index < -0.39 is 28.8 Å². The lowest BCUT2D eigenvalue weighted by atomic mass is 9.86. The molecule has 0 saturated carbocycles. The summed E-state index contributed by atoms with van der Waals surface area (Å²) in [7, 11) is 2.77. The van der Waals surface area contributed by atoms with E-state index in [1.54, 1.807) is 60.2 Å². The summed E-state index contributed by atoms with van der Waals surface area (Å²) in [4.78, 5) is 40.3. The van der Waals surface area contributed by atoms with Crippen LogP contribution >= 0.6 is 0 Å². The van der Waals surface area contributed by atoms with Gasteiger partial charge in [0.05, 0.1) is 26.2 Å². The van der Waals surface area contributed by atoms with Gasteiger partial charge in [-0.25, -0.2) is 0 Å². The van der Waals surface area contributed by atoms with Crippen molar-refractivity contribution in [3.05, 3.63) is 98.4 Å². The van der Waals surface area contributed by atoms with Gasteiger partial charge in [0, 0.05) is 46.7 Å². The summed E-state index contributed by atoms with van der Waals surface area (Å²) in [5, 5.41) is 22.5. The predicted octanol–water partition coefficient (Wildman–Crippen LogP) is 5.55. The summed E-state index contributed by atoms with van der Waals surface area (Å²) in [6.45, 7) is 4.36. The summed E-state index contributed by atoms with van der Waals surface area (Å²) >= 11 is 0. The molecule has 0 spiro atoms. The van der Waals surface area contributed by atoms with E-state index in [0.29, 0.717) is 28.8 Å². The quantitative estimate of drug-likeness (QED) is 0.233. The van der Waals surface area contributed by atoms with Crippen molar-refractivity contribution in [3.8, 4) is 28.6 Å². The minimum atomic E-state index is -1.10. The zero-order valence-electron chi connectivity index (χ0n) is 23.7. The fourth-order valence-electron chi connectivity index (χ4n) is 5.33. The monoisotopic (exact) mass is 569 g/mol. The Bertz CT molecular complexity index is 1920. The summed E-state index contributed by atoms with van der Waals surface area (Å²) in [5.41, 5.74) is 0.395. The van der Waals surface area contributed by atoms with Crippen molar-refractivity contribution in [1.29, 1.82) is 0 Å². The number of pyridine rings is 1. The van der Waals surface area contributed by atoms with Gasteiger partial charge in [-0.1, -0.05) is 44.2 Å². The van der Waals surface area contributed by atoms with Crippen LogP contribution in [0.25, 0.3) is 33.2 Å². The molecule has 0 amide bonds. The fourth-order valence-corrected chi connectivity index (χ4v) is 5.33. The Labute approximate surface area is 241 Å². The number of phenolic OH excluding ortho intramolecular Hbond substituents is 2. The molecule has 0 radical (unpaired) electrons. The number of ether oxygens (including phenoxy) is 2. The molecule has 216 valence electrons. The van der Waals surface area contributed by atoms with E-state index in [9.17, 15) is 24.6 Å². The maximum atomic E-state index is 14.2. The number of carbonyl (C=O) groups excluding carboxylic acids is 1. The lowest BCUT2D eigenvalue weighted by molar-refractivity contribution is -0.140. The van der Waals surface area contributed by atoms with E-state index in [0.717, 1.165) is 6.07 Å². The zero-order chi connectivity index (χ0) is 30.1. The third kappa shape index (κ3) is 5.21. The Balaban J connectivity index is 1.89. The molecule has 0 aliphatic carbocycles. The van der Waals surface area contributed by atoms with Crippen molar-refractivity contribution in [1.82, 2.24) is 4.57 Å². The van der Waals surface area contributed by atoms with Gasteiger partial charge in [-0.15, -0.1) is 0 Å². The summed E-state index contributed by atoms with van der Waals surface area (Å²) < 4.78 is 18.2. The third-order valence-corrected chi connectivity index (χ3v) is 7.25. The first kappa shape index (κ1) is 28.5. The van der Waals surface area contributed by atoms with Crippen molar-refractivity contribution < 1.29 is 28.9 Å². The molecule has 0 bridgehead atoms. The molecule has 9 heteroatoms. The van der Waals surface area contributed by atoms with Crippen LogP contribution in [0.5, 0.6) is 17.2 Å². The highest BCUT2D eigenvalue weighted by Gasteiger charge is 2.31. The maximum absolute atomic E-state index is 14.2. The number of fused-ring (bicyclic) bond motifs is 2. The van der Waals surface area contributed by atoms with Gasteiger partial charge in [0.1, 0.15) is 34.0 Å². The number of nitrogens with zero attached hydrogens (tertiary/aromatic N) is 1. The highest BCUT2D eigenvalue weighted by Crippen LogP contribution is 2.43. The highest BCUT2D eigenvalue weighted by atomic mass is 16.5. The smallest absolute Gasteiger partial charge is 0.306 e. The molecule has 5 aromatic rings. The number of methoxy groups -OCH3 is 2. The Morgan fingerprint density at radius 3 is 2.36 bits per heavy atom. The van der Waals surface area contributed by atoms with Crippen molar-refractivity contribution >= 4 is 27.8 Å². The molecule has 9 nitrogen and oxygen atoms in total. The van der Waals surface area contributed by atoms with Crippen LogP contribution in [0.3, 0.4) is 0 Å². The van der Waals surface area contributed by atoms with Crippen molar-refractivity contribution in [2.45, 2.75) is 32.7 Å². The fraction of sp³-hybridized carbons (Fsp3) is 0.242. The van der Waals surface area contributed by atoms with E-state index in [2.05, 4.69) is 0 Å². The van der Waals surface area contributed by atoms with Crippen LogP contribution in [0, 0.1) is 5.92 Å². The number of rotatable bonds is 8. The normalized spacial score (nSPS) is 12.1. The molecule has 2 heterocycles. The molecular formula is C33H31NO8. The Hall–Kier alpha value is -5.05. The molecule has 42 heavy (non-hydrogen) atoms. The molecule has 1 atom stereocenters. The summed E-state index contributed by atoms with van der Waals surface area (Å²) in [5.74, 6) is -1.81. The van der Waals surface area contributed by atoms with E-state index in [-0.39, 0.29) is 45.8 Å². The number of benzene rings is 3. The second kappa shape index (κ2) is 11.4. The third-order valence-electron chi connectivity index (χ3n) is 7.25. The van der Waals surface area contributed by atoms with Gasteiger partial charge < -0.3 is 28.7 Å². The van der Waals surface area contributed by atoms with Crippen LogP contribution in [0.15, 0.2) is 80.7 Å². The highest BCUT2D eigenvalue weighted by molar-refractivity contribution is 5.91. The molecule has 0 fully saturated rings. The van der Waals surface area contributed by atoms with Gasteiger partial charge >= 0.3 is 5.97 Å². The van der Waals surface area contributed by atoms with E-state index >= 15 is 0 Å². The molecule has 2 aromatic heterocycles. The van der Waals surface area contributed by atoms with Gasteiger partial charge in [-0.3, -0.25) is 14.4 Å². The van der Waals surface area contributed by atoms with Crippen molar-refractivity contribution in [2.24, 2.45) is 5.92 Å². The number of aromatic hydroxyl groups is 2. The summed E-state index contributed by atoms with van der Waals surface area (Å²) in [6.07, 6.45) is -0.352. The molecular weight excluding hydrogens is 538 g/mol. The van der Waals surface area contributed by atoms with E-state index in [1.165, 1.54) is 13.2 Å². The largest absolute Gasteiger partial charge is 0.507 e. The number of esters is 1. The van der Waals surface area contributed by atoms with Gasteiger partial charge in [-0.05, 0) is 30.2 Å². The first-order chi connectivity index (χ1) is 20.1. The lowest BCUT2D eigenvalue weighted by Crippen LogP contribution is -2.29. The summed E-state index contributed by atoms with van der Waals surface area (Å²) in [6, 6.07) is 18.2. The minimum Gasteiger partial charge on any atom is -0.507 e. The van der Waals surface area contributed by atoms with Crippen LogP contribution < -0.4 is 15.7 Å². The Morgan fingerprint density at radius 1 is 0.952 bits per heavy atom.